The van der Waals surface area contributed by atoms with Gasteiger partial charge in [0.15, 0.2) is 0 Å². The molecule has 2 aromatic heterocycles. The molecule has 1 aliphatic carbocycles. The predicted octanol–water partition coefficient (Wildman–Crippen LogP) is 3.47. The van der Waals surface area contributed by atoms with Crippen molar-refractivity contribution in [1.29, 1.82) is 0 Å². The summed E-state index contributed by atoms with van der Waals surface area (Å²) in [6.45, 7) is 2.30. The summed E-state index contributed by atoms with van der Waals surface area (Å²) in [5.74, 6) is 1.08. The fourth-order valence-corrected chi connectivity index (χ4v) is 3.47. The third-order valence-corrected chi connectivity index (χ3v) is 4.54. The van der Waals surface area contributed by atoms with E-state index in [0.717, 1.165) is 42.1 Å². The van der Waals surface area contributed by atoms with Crippen LogP contribution < -0.4 is 10.6 Å². The molecule has 0 saturated heterocycles. The van der Waals surface area contributed by atoms with Crippen molar-refractivity contribution in [2.45, 2.75) is 38.8 Å². The van der Waals surface area contributed by atoms with Gasteiger partial charge in [0.05, 0.1) is 12.0 Å². The van der Waals surface area contributed by atoms with E-state index in [2.05, 4.69) is 16.7 Å². The molecular weight excluding hydrogens is 272 g/mol. The Morgan fingerprint density at radius 3 is 3.25 bits per heavy atom. The van der Waals surface area contributed by atoms with Crippen molar-refractivity contribution in [2.75, 3.05) is 5.32 Å². The number of thiophene rings is 1. The molecule has 5 heteroatoms. The molecule has 0 aromatic carbocycles. The number of nitrogens with one attached hydrogen (secondary N) is 2. The van der Waals surface area contributed by atoms with Gasteiger partial charge >= 0.3 is 0 Å². The Bertz CT molecular complexity index is 603. The molecule has 3 rings (SSSR count). The average molecular weight is 290 g/mol. The van der Waals surface area contributed by atoms with Crippen LogP contribution in [0.2, 0.25) is 0 Å². The Morgan fingerprint density at radius 1 is 1.50 bits per heavy atom. The monoisotopic (exact) mass is 290 g/mol. The zero-order valence-corrected chi connectivity index (χ0v) is 12.3. The first-order chi connectivity index (χ1) is 9.74. The van der Waals surface area contributed by atoms with Gasteiger partial charge in [0, 0.05) is 36.4 Å². The van der Waals surface area contributed by atoms with Gasteiger partial charge in [-0.2, -0.15) is 0 Å². The molecule has 2 aromatic rings. The quantitative estimate of drug-likeness (QED) is 0.906. The van der Waals surface area contributed by atoms with Crippen LogP contribution in [-0.2, 0) is 17.8 Å². The number of hydrogen-bond acceptors (Lipinski definition) is 4. The van der Waals surface area contributed by atoms with E-state index in [0.29, 0.717) is 6.04 Å². The highest BCUT2D eigenvalue weighted by Crippen LogP contribution is 2.31. The average Bonchev–Trinajstić information content (AvgIpc) is 3.04. The fraction of sp³-hybridized carbons (Fsp3) is 0.400. The maximum Gasteiger partial charge on any atom is 0.221 e. The van der Waals surface area contributed by atoms with E-state index in [1.54, 1.807) is 17.6 Å². The Kier molecular flexibility index (Phi) is 3.89. The topological polar surface area (TPSA) is 54.3 Å². The lowest BCUT2D eigenvalue weighted by molar-refractivity contribution is -0.114. The Morgan fingerprint density at radius 2 is 2.40 bits per heavy atom. The summed E-state index contributed by atoms with van der Waals surface area (Å²) in [5, 5.41) is 8.45. The second-order valence-electron chi connectivity index (χ2n) is 5.06. The summed E-state index contributed by atoms with van der Waals surface area (Å²) in [6, 6.07) is 4.37. The lowest BCUT2D eigenvalue weighted by Crippen LogP contribution is -2.24. The van der Waals surface area contributed by atoms with E-state index >= 15 is 0 Å². The smallest absolute Gasteiger partial charge is 0.221 e. The van der Waals surface area contributed by atoms with Gasteiger partial charge in [0.1, 0.15) is 5.76 Å². The van der Waals surface area contributed by atoms with Crippen LogP contribution in [0.15, 0.2) is 28.2 Å². The third kappa shape index (κ3) is 2.78. The number of amides is 1. The SMILES string of the molecule is CC(=O)Nc1ccsc1CNC1CCCc2occc21. The molecule has 0 radical (unpaired) electrons. The van der Waals surface area contributed by atoms with E-state index in [-0.39, 0.29) is 5.91 Å². The number of furan rings is 1. The van der Waals surface area contributed by atoms with Crippen LogP contribution in [0.4, 0.5) is 5.69 Å². The largest absolute Gasteiger partial charge is 0.469 e. The number of carbonyl (C=O) groups is 1. The minimum Gasteiger partial charge on any atom is -0.469 e. The van der Waals surface area contributed by atoms with Gasteiger partial charge in [-0.3, -0.25) is 4.79 Å². The van der Waals surface area contributed by atoms with Crippen LogP contribution in [0.1, 0.15) is 42.0 Å². The number of hydrogen-bond donors (Lipinski definition) is 2. The van der Waals surface area contributed by atoms with Crippen LogP contribution in [0.25, 0.3) is 0 Å². The molecule has 20 heavy (non-hydrogen) atoms. The first kappa shape index (κ1) is 13.4. The molecule has 1 atom stereocenters. The van der Waals surface area contributed by atoms with E-state index in [4.69, 9.17) is 4.42 Å². The van der Waals surface area contributed by atoms with Crippen molar-refractivity contribution in [1.82, 2.24) is 5.32 Å². The molecule has 1 aliphatic rings. The number of fused-ring (bicyclic) bond motifs is 1. The Balaban J connectivity index is 1.66. The molecule has 2 N–H and O–H groups in total. The molecule has 0 fully saturated rings. The summed E-state index contributed by atoms with van der Waals surface area (Å²) >= 11 is 1.66. The number of rotatable bonds is 4. The van der Waals surface area contributed by atoms with E-state index < -0.39 is 0 Å². The molecule has 106 valence electrons. The highest BCUT2D eigenvalue weighted by Gasteiger charge is 2.22. The Hall–Kier alpha value is -1.59. The highest BCUT2D eigenvalue weighted by molar-refractivity contribution is 7.10. The molecule has 1 unspecified atom stereocenters. The maximum atomic E-state index is 11.2. The molecule has 0 saturated carbocycles. The van der Waals surface area contributed by atoms with Gasteiger partial charge in [-0.1, -0.05) is 0 Å². The van der Waals surface area contributed by atoms with Crippen LogP contribution in [0, 0.1) is 0 Å². The zero-order chi connectivity index (χ0) is 13.9. The first-order valence-electron chi connectivity index (χ1n) is 6.87. The van der Waals surface area contributed by atoms with Gasteiger partial charge in [0.2, 0.25) is 5.91 Å². The number of anilines is 1. The van der Waals surface area contributed by atoms with Crippen molar-refractivity contribution < 1.29 is 9.21 Å². The van der Waals surface area contributed by atoms with Gasteiger partial charge in [-0.25, -0.2) is 0 Å². The molecule has 1 amide bonds. The van der Waals surface area contributed by atoms with Crippen molar-refractivity contribution in [3.63, 3.8) is 0 Å². The number of aryl methyl sites for hydroxylation is 1. The predicted molar refractivity (Wildman–Crippen MR) is 79.8 cm³/mol. The van der Waals surface area contributed by atoms with Crippen molar-refractivity contribution in [3.8, 4) is 0 Å². The molecular formula is C15H18N2O2S. The third-order valence-electron chi connectivity index (χ3n) is 3.62. The normalized spacial score (nSPS) is 17.8. The fourth-order valence-electron chi connectivity index (χ4n) is 2.69. The van der Waals surface area contributed by atoms with Crippen LogP contribution in [-0.4, -0.2) is 5.91 Å². The first-order valence-corrected chi connectivity index (χ1v) is 7.75. The van der Waals surface area contributed by atoms with Gasteiger partial charge < -0.3 is 15.1 Å². The second-order valence-corrected chi connectivity index (χ2v) is 6.06. The number of carbonyl (C=O) groups excluding carboxylic acids is 1. The van der Waals surface area contributed by atoms with Gasteiger partial charge in [-0.05, 0) is 30.4 Å². The lowest BCUT2D eigenvalue weighted by Gasteiger charge is -2.22. The van der Waals surface area contributed by atoms with Crippen molar-refractivity contribution in [2.24, 2.45) is 0 Å². The molecule has 0 aliphatic heterocycles. The zero-order valence-electron chi connectivity index (χ0n) is 11.4. The standard InChI is InChI=1S/C15H18N2O2S/c1-10(18)17-13-6-8-20-15(13)9-16-12-3-2-4-14-11(12)5-7-19-14/h5-8,12,16H,2-4,9H2,1H3,(H,17,18). The summed E-state index contributed by atoms with van der Waals surface area (Å²) in [5.41, 5.74) is 2.20. The molecule has 4 nitrogen and oxygen atoms in total. The minimum atomic E-state index is -0.0283. The van der Waals surface area contributed by atoms with E-state index in [9.17, 15) is 4.79 Å². The molecule has 0 spiro atoms. The molecule has 0 bridgehead atoms. The summed E-state index contributed by atoms with van der Waals surface area (Å²) in [7, 11) is 0. The Labute approximate surface area is 122 Å². The van der Waals surface area contributed by atoms with Crippen LogP contribution in [0.3, 0.4) is 0 Å². The van der Waals surface area contributed by atoms with E-state index in [1.807, 2.05) is 11.4 Å². The summed E-state index contributed by atoms with van der Waals surface area (Å²) in [6.07, 6.45) is 5.10. The highest BCUT2D eigenvalue weighted by atomic mass is 32.1. The summed E-state index contributed by atoms with van der Waals surface area (Å²) < 4.78 is 5.51. The van der Waals surface area contributed by atoms with Crippen LogP contribution in [0.5, 0.6) is 0 Å². The molecule has 2 heterocycles. The second kappa shape index (κ2) is 5.81. The van der Waals surface area contributed by atoms with E-state index in [1.165, 1.54) is 12.5 Å². The summed E-state index contributed by atoms with van der Waals surface area (Å²) in [4.78, 5) is 12.3. The minimum absolute atomic E-state index is 0.0283. The van der Waals surface area contributed by atoms with Gasteiger partial charge in [0.25, 0.3) is 0 Å². The van der Waals surface area contributed by atoms with Crippen molar-refractivity contribution >= 4 is 22.9 Å². The van der Waals surface area contributed by atoms with Crippen molar-refractivity contribution in [3.05, 3.63) is 40.0 Å². The van der Waals surface area contributed by atoms with Gasteiger partial charge in [-0.15, -0.1) is 11.3 Å². The maximum absolute atomic E-state index is 11.2. The lowest BCUT2D eigenvalue weighted by atomic mass is 9.93. The van der Waals surface area contributed by atoms with Crippen LogP contribution >= 0.6 is 11.3 Å².